The Hall–Kier alpha value is -1.03. The predicted molar refractivity (Wildman–Crippen MR) is 87.7 cm³/mol. The van der Waals surface area contributed by atoms with Crippen LogP contribution in [0.25, 0.3) is 0 Å². The molecule has 0 saturated carbocycles. The summed E-state index contributed by atoms with van der Waals surface area (Å²) in [6.45, 7) is 2.92. The van der Waals surface area contributed by atoms with E-state index >= 15 is 0 Å². The van der Waals surface area contributed by atoms with Crippen molar-refractivity contribution in [1.82, 2.24) is 5.32 Å². The summed E-state index contributed by atoms with van der Waals surface area (Å²) in [5.41, 5.74) is 2.12. The summed E-state index contributed by atoms with van der Waals surface area (Å²) in [4.78, 5) is 0. The standard InChI is InChI=1S/C16H17BrClNO/c1-3-19-16(11-7-4-5-10-14(11)20-2)12-8-6-9-13(17)15(12)18/h4-10,16,19H,3H2,1-2H3. The highest BCUT2D eigenvalue weighted by atomic mass is 79.9. The molecular weight excluding hydrogens is 338 g/mol. The van der Waals surface area contributed by atoms with E-state index in [4.69, 9.17) is 16.3 Å². The van der Waals surface area contributed by atoms with Crippen LogP contribution in [0.5, 0.6) is 5.75 Å². The van der Waals surface area contributed by atoms with Crippen LogP contribution in [-0.4, -0.2) is 13.7 Å². The van der Waals surface area contributed by atoms with Gasteiger partial charge in [-0.1, -0.05) is 48.9 Å². The molecule has 0 fully saturated rings. The molecule has 0 amide bonds. The first kappa shape index (κ1) is 15.4. The first-order valence-electron chi connectivity index (χ1n) is 6.49. The number of methoxy groups -OCH3 is 1. The number of ether oxygens (including phenoxy) is 1. The fourth-order valence-corrected chi connectivity index (χ4v) is 2.86. The minimum Gasteiger partial charge on any atom is -0.496 e. The summed E-state index contributed by atoms with van der Waals surface area (Å²) in [6.07, 6.45) is 0. The second kappa shape index (κ2) is 7.11. The normalized spacial score (nSPS) is 12.2. The predicted octanol–water partition coefficient (Wildman–Crippen LogP) is 4.81. The monoisotopic (exact) mass is 353 g/mol. The Morgan fingerprint density at radius 1 is 1.15 bits per heavy atom. The van der Waals surface area contributed by atoms with E-state index < -0.39 is 0 Å². The fourth-order valence-electron chi connectivity index (χ4n) is 2.24. The Morgan fingerprint density at radius 3 is 2.55 bits per heavy atom. The second-order valence-electron chi connectivity index (χ2n) is 4.38. The van der Waals surface area contributed by atoms with Crippen LogP contribution in [0.15, 0.2) is 46.9 Å². The maximum absolute atomic E-state index is 6.44. The lowest BCUT2D eigenvalue weighted by Crippen LogP contribution is -2.23. The molecule has 0 heterocycles. The summed E-state index contributed by atoms with van der Waals surface area (Å²) in [5, 5.41) is 4.20. The Labute approximate surface area is 133 Å². The molecule has 2 rings (SSSR count). The zero-order chi connectivity index (χ0) is 14.5. The van der Waals surface area contributed by atoms with Gasteiger partial charge in [0.25, 0.3) is 0 Å². The van der Waals surface area contributed by atoms with E-state index in [1.807, 2.05) is 36.4 Å². The SMILES string of the molecule is CCNC(c1ccccc1OC)c1cccc(Br)c1Cl. The van der Waals surface area contributed by atoms with Crippen molar-refractivity contribution in [2.45, 2.75) is 13.0 Å². The highest BCUT2D eigenvalue weighted by Gasteiger charge is 2.20. The van der Waals surface area contributed by atoms with Crippen LogP contribution in [0, 0.1) is 0 Å². The second-order valence-corrected chi connectivity index (χ2v) is 5.61. The van der Waals surface area contributed by atoms with Gasteiger partial charge in [-0.15, -0.1) is 0 Å². The van der Waals surface area contributed by atoms with Gasteiger partial charge < -0.3 is 10.1 Å². The molecule has 20 heavy (non-hydrogen) atoms. The van der Waals surface area contributed by atoms with Crippen molar-refractivity contribution in [1.29, 1.82) is 0 Å². The van der Waals surface area contributed by atoms with E-state index in [0.717, 1.165) is 32.9 Å². The van der Waals surface area contributed by atoms with E-state index in [2.05, 4.69) is 34.2 Å². The topological polar surface area (TPSA) is 21.3 Å². The Kier molecular flexibility index (Phi) is 5.46. The van der Waals surface area contributed by atoms with Gasteiger partial charge in [-0.05, 0) is 40.2 Å². The number of hydrogen-bond acceptors (Lipinski definition) is 2. The summed E-state index contributed by atoms with van der Waals surface area (Å²) < 4.78 is 6.37. The van der Waals surface area contributed by atoms with Crippen LogP contribution in [-0.2, 0) is 0 Å². The van der Waals surface area contributed by atoms with Crippen LogP contribution < -0.4 is 10.1 Å². The van der Waals surface area contributed by atoms with Gasteiger partial charge in [0.2, 0.25) is 0 Å². The average molecular weight is 355 g/mol. The molecule has 1 atom stereocenters. The molecule has 1 unspecified atom stereocenters. The quantitative estimate of drug-likeness (QED) is 0.832. The molecule has 0 spiro atoms. The van der Waals surface area contributed by atoms with Gasteiger partial charge in [-0.2, -0.15) is 0 Å². The smallest absolute Gasteiger partial charge is 0.123 e. The number of halogens is 2. The summed E-state index contributed by atoms with van der Waals surface area (Å²) in [6, 6.07) is 14.0. The Bertz CT molecular complexity index is 588. The van der Waals surface area contributed by atoms with E-state index in [1.165, 1.54) is 0 Å². The van der Waals surface area contributed by atoms with Gasteiger partial charge in [-0.25, -0.2) is 0 Å². The Morgan fingerprint density at radius 2 is 1.85 bits per heavy atom. The number of para-hydroxylation sites is 1. The first-order valence-corrected chi connectivity index (χ1v) is 7.66. The minimum atomic E-state index is 0.00106. The zero-order valence-electron chi connectivity index (χ0n) is 11.5. The van der Waals surface area contributed by atoms with Gasteiger partial charge in [0.15, 0.2) is 0 Å². The average Bonchev–Trinajstić information content (AvgIpc) is 2.48. The van der Waals surface area contributed by atoms with Crippen molar-refractivity contribution >= 4 is 27.5 Å². The molecule has 2 aromatic carbocycles. The van der Waals surface area contributed by atoms with E-state index in [1.54, 1.807) is 7.11 Å². The number of rotatable bonds is 5. The number of benzene rings is 2. The molecule has 0 saturated heterocycles. The van der Waals surface area contributed by atoms with Crippen molar-refractivity contribution in [2.75, 3.05) is 13.7 Å². The molecule has 0 bridgehead atoms. The molecule has 0 aliphatic heterocycles. The van der Waals surface area contributed by atoms with Crippen molar-refractivity contribution in [3.8, 4) is 5.75 Å². The molecule has 106 valence electrons. The molecule has 0 radical (unpaired) electrons. The highest BCUT2D eigenvalue weighted by molar-refractivity contribution is 9.10. The van der Waals surface area contributed by atoms with Gasteiger partial charge in [0.1, 0.15) is 5.75 Å². The highest BCUT2D eigenvalue weighted by Crippen LogP contribution is 2.36. The van der Waals surface area contributed by atoms with E-state index in [-0.39, 0.29) is 6.04 Å². The zero-order valence-corrected chi connectivity index (χ0v) is 13.8. The number of nitrogens with one attached hydrogen (secondary N) is 1. The molecule has 2 aromatic rings. The van der Waals surface area contributed by atoms with Gasteiger partial charge in [0, 0.05) is 10.0 Å². The third-order valence-electron chi connectivity index (χ3n) is 3.15. The van der Waals surface area contributed by atoms with E-state index in [0.29, 0.717) is 0 Å². The molecular formula is C16H17BrClNO. The van der Waals surface area contributed by atoms with Crippen molar-refractivity contribution in [3.63, 3.8) is 0 Å². The van der Waals surface area contributed by atoms with Gasteiger partial charge in [-0.3, -0.25) is 0 Å². The molecule has 0 aromatic heterocycles. The van der Waals surface area contributed by atoms with E-state index in [9.17, 15) is 0 Å². The summed E-state index contributed by atoms with van der Waals surface area (Å²) in [5.74, 6) is 0.856. The Balaban J connectivity index is 2.53. The summed E-state index contributed by atoms with van der Waals surface area (Å²) in [7, 11) is 1.68. The van der Waals surface area contributed by atoms with Crippen LogP contribution in [0.1, 0.15) is 24.1 Å². The first-order chi connectivity index (χ1) is 9.69. The lowest BCUT2D eigenvalue weighted by atomic mass is 9.97. The van der Waals surface area contributed by atoms with Crippen LogP contribution in [0.2, 0.25) is 5.02 Å². The lowest BCUT2D eigenvalue weighted by molar-refractivity contribution is 0.404. The molecule has 4 heteroatoms. The number of hydrogen-bond donors (Lipinski definition) is 1. The third-order valence-corrected chi connectivity index (χ3v) is 4.46. The largest absolute Gasteiger partial charge is 0.496 e. The van der Waals surface area contributed by atoms with Crippen LogP contribution in [0.3, 0.4) is 0 Å². The van der Waals surface area contributed by atoms with Crippen molar-refractivity contribution in [2.24, 2.45) is 0 Å². The van der Waals surface area contributed by atoms with Gasteiger partial charge >= 0.3 is 0 Å². The van der Waals surface area contributed by atoms with Crippen molar-refractivity contribution < 1.29 is 4.74 Å². The van der Waals surface area contributed by atoms with Crippen molar-refractivity contribution in [3.05, 3.63) is 63.1 Å². The fraction of sp³-hybridized carbons (Fsp3) is 0.250. The molecule has 1 N–H and O–H groups in total. The maximum Gasteiger partial charge on any atom is 0.123 e. The van der Waals surface area contributed by atoms with Gasteiger partial charge in [0.05, 0.1) is 18.2 Å². The molecule has 2 nitrogen and oxygen atoms in total. The summed E-state index contributed by atoms with van der Waals surface area (Å²) >= 11 is 9.92. The van der Waals surface area contributed by atoms with Crippen LogP contribution in [0.4, 0.5) is 0 Å². The minimum absolute atomic E-state index is 0.00106. The lowest BCUT2D eigenvalue weighted by Gasteiger charge is -2.22. The maximum atomic E-state index is 6.44. The third kappa shape index (κ3) is 3.17. The molecule has 0 aliphatic rings. The van der Waals surface area contributed by atoms with Crippen LogP contribution >= 0.6 is 27.5 Å². The molecule has 0 aliphatic carbocycles.